The van der Waals surface area contributed by atoms with Gasteiger partial charge >= 0.3 is 0 Å². The molecule has 5 nitrogen and oxygen atoms in total. The van der Waals surface area contributed by atoms with E-state index in [2.05, 4.69) is 15.3 Å². The van der Waals surface area contributed by atoms with Crippen LogP contribution in [0, 0.1) is 0 Å². The van der Waals surface area contributed by atoms with Gasteiger partial charge in [0.05, 0.1) is 18.4 Å². The highest BCUT2D eigenvalue weighted by molar-refractivity contribution is 7.98. The zero-order valence-corrected chi connectivity index (χ0v) is 14.8. The number of anilines is 1. The van der Waals surface area contributed by atoms with Crippen molar-refractivity contribution in [2.24, 2.45) is 0 Å². The number of nitrogens with zero attached hydrogens (tertiary/aromatic N) is 2. The molecule has 0 bridgehead atoms. The third kappa shape index (κ3) is 3.58. The minimum atomic E-state index is -0.249. The summed E-state index contributed by atoms with van der Waals surface area (Å²) in [6, 6.07) is 11.1. The average Bonchev–Trinajstić information content (AvgIpc) is 3.10. The quantitative estimate of drug-likeness (QED) is 0.694. The normalized spacial score (nSPS) is 10.4. The molecule has 1 aromatic carbocycles. The highest BCUT2D eigenvalue weighted by Crippen LogP contribution is 2.27. The first-order valence-corrected chi connectivity index (χ1v) is 9.22. The molecule has 0 saturated heterocycles. The molecule has 0 radical (unpaired) electrons. The molecule has 24 heavy (non-hydrogen) atoms. The summed E-state index contributed by atoms with van der Waals surface area (Å²) in [5.74, 6) is 0.294. The molecule has 0 aliphatic heterocycles. The van der Waals surface area contributed by atoms with E-state index in [0.29, 0.717) is 16.4 Å². The molecule has 2 aromatic heterocycles. The number of pyridine rings is 1. The SMILES string of the molecule is COc1cc(SC)ccc1C(=O)Nc1nc(-c2ccccn2)cs1. The van der Waals surface area contributed by atoms with Gasteiger partial charge in [0.15, 0.2) is 5.13 Å². The van der Waals surface area contributed by atoms with Crippen molar-refractivity contribution in [2.45, 2.75) is 4.90 Å². The number of rotatable bonds is 5. The van der Waals surface area contributed by atoms with Crippen LogP contribution in [0.5, 0.6) is 5.75 Å². The second-order valence-electron chi connectivity index (χ2n) is 4.77. The van der Waals surface area contributed by atoms with E-state index in [4.69, 9.17) is 4.74 Å². The van der Waals surface area contributed by atoms with Crippen LogP contribution in [-0.4, -0.2) is 29.2 Å². The van der Waals surface area contributed by atoms with Crippen molar-refractivity contribution >= 4 is 34.1 Å². The Labute approximate surface area is 148 Å². The second-order valence-corrected chi connectivity index (χ2v) is 6.51. The van der Waals surface area contributed by atoms with Crippen LogP contribution in [0.4, 0.5) is 5.13 Å². The van der Waals surface area contributed by atoms with E-state index in [-0.39, 0.29) is 5.91 Å². The maximum absolute atomic E-state index is 12.5. The number of carbonyl (C=O) groups is 1. The van der Waals surface area contributed by atoms with Gasteiger partial charge < -0.3 is 4.74 Å². The summed E-state index contributed by atoms with van der Waals surface area (Å²) in [4.78, 5) is 22.2. The van der Waals surface area contributed by atoms with Crippen LogP contribution < -0.4 is 10.1 Å². The Morgan fingerprint density at radius 3 is 2.83 bits per heavy atom. The van der Waals surface area contributed by atoms with Crippen LogP contribution in [0.15, 0.2) is 52.9 Å². The first-order valence-electron chi connectivity index (χ1n) is 7.11. The zero-order valence-electron chi connectivity index (χ0n) is 13.1. The Morgan fingerprint density at radius 1 is 1.25 bits per heavy atom. The molecule has 0 spiro atoms. The number of benzene rings is 1. The molecule has 1 N–H and O–H groups in total. The third-order valence-corrected chi connectivity index (χ3v) is 4.79. The van der Waals surface area contributed by atoms with Gasteiger partial charge in [-0.15, -0.1) is 23.1 Å². The number of thiazole rings is 1. The Bertz CT molecular complexity index is 850. The maximum Gasteiger partial charge on any atom is 0.261 e. The van der Waals surface area contributed by atoms with E-state index in [1.165, 1.54) is 11.3 Å². The smallest absolute Gasteiger partial charge is 0.261 e. The molecule has 122 valence electrons. The summed E-state index contributed by atoms with van der Waals surface area (Å²) in [6.45, 7) is 0. The van der Waals surface area contributed by atoms with E-state index in [9.17, 15) is 4.79 Å². The zero-order chi connectivity index (χ0) is 16.9. The first-order chi connectivity index (χ1) is 11.7. The van der Waals surface area contributed by atoms with Gasteiger partial charge in [-0.2, -0.15) is 0 Å². The molecule has 7 heteroatoms. The van der Waals surface area contributed by atoms with Crippen molar-refractivity contribution in [3.63, 3.8) is 0 Å². The fourth-order valence-corrected chi connectivity index (χ4v) is 3.24. The first kappa shape index (κ1) is 16.5. The van der Waals surface area contributed by atoms with E-state index < -0.39 is 0 Å². The topological polar surface area (TPSA) is 64.1 Å². The van der Waals surface area contributed by atoms with Crippen LogP contribution >= 0.6 is 23.1 Å². The number of nitrogens with one attached hydrogen (secondary N) is 1. The number of carbonyl (C=O) groups excluding carboxylic acids is 1. The molecule has 0 unspecified atom stereocenters. The molecule has 0 saturated carbocycles. The monoisotopic (exact) mass is 357 g/mol. The average molecular weight is 357 g/mol. The van der Waals surface area contributed by atoms with Gasteiger partial charge in [0.1, 0.15) is 11.4 Å². The lowest BCUT2D eigenvalue weighted by Crippen LogP contribution is -2.13. The molecule has 0 aliphatic rings. The van der Waals surface area contributed by atoms with E-state index >= 15 is 0 Å². The van der Waals surface area contributed by atoms with Gasteiger partial charge in [0.2, 0.25) is 0 Å². The van der Waals surface area contributed by atoms with Crippen LogP contribution in [0.3, 0.4) is 0 Å². The van der Waals surface area contributed by atoms with Gasteiger partial charge in [-0.05, 0) is 36.6 Å². The summed E-state index contributed by atoms with van der Waals surface area (Å²) in [5.41, 5.74) is 1.99. The second kappa shape index (κ2) is 7.46. The number of amides is 1. The molecule has 0 fully saturated rings. The van der Waals surface area contributed by atoms with E-state index in [1.54, 1.807) is 31.1 Å². The van der Waals surface area contributed by atoms with Gasteiger partial charge in [0.25, 0.3) is 5.91 Å². The summed E-state index contributed by atoms with van der Waals surface area (Å²) in [7, 11) is 1.55. The minimum Gasteiger partial charge on any atom is -0.496 e. The van der Waals surface area contributed by atoms with E-state index in [1.807, 2.05) is 42.0 Å². The van der Waals surface area contributed by atoms with Crippen molar-refractivity contribution in [3.05, 3.63) is 53.5 Å². The standard InChI is InChI=1S/C17H15N3O2S2/c1-22-15-9-11(23-2)6-7-12(15)16(21)20-17-19-14(10-24-17)13-5-3-4-8-18-13/h3-10H,1-2H3,(H,19,20,21). The number of ether oxygens (including phenoxy) is 1. The maximum atomic E-state index is 12.5. The lowest BCUT2D eigenvalue weighted by Gasteiger charge is -2.09. The van der Waals surface area contributed by atoms with Gasteiger partial charge in [-0.25, -0.2) is 4.98 Å². The number of hydrogen-bond donors (Lipinski definition) is 1. The molecule has 0 atom stereocenters. The van der Waals surface area contributed by atoms with Gasteiger partial charge in [-0.1, -0.05) is 6.07 Å². The predicted octanol–water partition coefficient (Wildman–Crippen LogP) is 4.19. The van der Waals surface area contributed by atoms with Crippen LogP contribution in [-0.2, 0) is 0 Å². The van der Waals surface area contributed by atoms with E-state index in [0.717, 1.165) is 16.3 Å². The Kier molecular flexibility index (Phi) is 5.12. The van der Waals surface area contributed by atoms with Crippen LogP contribution in [0.25, 0.3) is 11.4 Å². The summed E-state index contributed by atoms with van der Waals surface area (Å²) in [6.07, 6.45) is 3.69. The fourth-order valence-electron chi connectivity index (χ4n) is 2.11. The largest absolute Gasteiger partial charge is 0.496 e. The number of hydrogen-bond acceptors (Lipinski definition) is 6. The van der Waals surface area contributed by atoms with Crippen LogP contribution in [0.1, 0.15) is 10.4 Å². The Morgan fingerprint density at radius 2 is 2.12 bits per heavy atom. The molecular weight excluding hydrogens is 342 g/mol. The van der Waals surface area contributed by atoms with Crippen molar-refractivity contribution in [2.75, 3.05) is 18.7 Å². The Hall–Kier alpha value is -2.38. The minimum absolute atomic E-state index is 0.249. The molecule has 2 heterocycles. The molecule has 3 rings (SSSR count). The molecule has 0 aliphatic carbocycles. The van der Waals surface area contributed by atoms with Crippen molar-refractivity contribution in [3.8, 4) is 17.1 Å². The third-order valence-electron chi connectivity index (χ3n) is 3.31. The lowest BCUT2D eigenvalue weighted by atomic mass is 10.2. The van der Waals surface area contributed by atoms with Crippen LogP contribution in [0.2, 0.25) is 0 Å². The highest BCUT2D eigenvalue weighted by Gasteiger charge is 2.15. The predicted molar refractivity (Wildman–Crippen MR) is 98.1 cm³/mol. The Balaban J connectivity index is 1.79. The van der Waals surface area contributed by atoms with Crippen molar-refractivity contribution in [1.82, 2.24) is 9.97 Å². The molecule has 1 amide bonds. The number of methoxy groups -OCH3 is 1. The molecule has 3 aromatic rings. The summed E-state index contributed by atoms with van der Waals surface area (Å²) in [5, 5.41) is 5.21. The summed E-state index contributed by atoms with van der Waals surface area (Å²) >= 11 is 2.96. The van der Waals surface area contributed by atoms with Crippen molar-refractivity contribution < 1.29 is 9.53 Å². The highest BCUT2D eigenvalue weighted by atomic mass is 32.2. The molecular formula is C17H15N3O2S2. The number of aromatic nitrogens is 2. The fraction of sp³-hybridized carbons (Fsp3) is 0.118. The number of thioether (sulfide) groups is 1. The van der Waals surface area contributed by atoms with Gasteiger partial charge in [0, 0.05) is 16.5 Å². The lowest BCUT2D eigenvalue weighted by molar-refractivity contribution is 0.102. The van der Waals surface area contributed by atoms with Crippen molar-refractivity contribution in [1.29, 1.82) is 0 Å². The summed E-state index contributed by atoms with van der Waals surface area (Å²) < 4.78 is 5.32. The van der Waals surface area contributed by atoms with Gasteiger partial charge in [-0.3, -0.25) is 15.1 Å².